The van der Waals surface area contributed by atoms with Crippen LogP contribution in [0.3, 0.4) is 0 Å². The van der Waals surface area contributed by atoms with Crippen LogP contribution in [0.1, 0.15) is 23.4 Å². The van der Waals surface area contributed by atoms with Gasteiger partial charge in [-0.2, -0.15) is 0 Å². The number of hydrogen-bond acceptors (Lipinski definition) is 2. The van der Waals surface area contributed by atoms with E-state index in [4.69, 9.17) is 0 Å². The minimum absolute atomic E-state index is 0.0698. The van der Waals surface area contributed by atoms with Gasteiger partial charge in [-0.1, -0.05) is 6.07 Å². The summed E-state index contributed by atoms with van der Waals surface area (Å²) in [6, 6.07) is 7.54. The Kier molecular flexibility index (Phi) is 3.04. The highest BCUT2D eigenvalue weighted by Crippen LogP contribution is 2.20. The third-order valence-corrected chi connectivity index (χ3v) is 3.83. The molecule has 0 aliphatic heterocycles. The molecule has 0 saturated carbocycles. The number of fused-ring (bicyclic) bond motifs is 1. The van der Waals surface area contributed by atoms with Gasteiger partial charge in [-0.3, -0.25) is 9.78 Å². The molecule has 4 heteroatoms. The average Bonchev–Trinajstić information content (AvgIpc) is 2.84. The van der Waals surface area contributed by atoms with Crippen LogP contribution in [0.5, 0.6) is 0 Å². The molecule has 3 nitrogen and oxygen atoms in total. The molecular weight excluding hydrogens is 292 g/mol. The Morgan fingerprint density at radius 2 is 2.11 bits per heavy atom. The zero-order valence-corrected chi connectivity index (χ0v) is 11.5. The van der Waals surface area contributed by atoms with Gasteiger partial charge in [0.05, 0.1) is 12.2 Å². The highest BCUT2D eigenvalue weighted by Gasteiger charge is 2.15. The first kappa shape index (κ1) is 11.7. The molecule has 2 heterocycles. The van der Waals surface area contributed by atoms with E-state index in [9.17, 15) is 4.79 Å². The summed E-state index contributed by atoms with van der Waals surface area (Å²) in [7, 11) is 0. The first-order valence-electron chi connectivity index (χ1n) is 6.06. The fourth-order valence-electron chi connectivity index (χ4n) is 2.47. The number of aromatic nitrogens is 2. The number of hydrogen-bond donors (Lipinski definition) is 0. The van der Waals surface area contributed by atoms with Gasteiger partial charge < -0.3 is 4.57 Å². The van der Waals surface area contributed by atoms with E-state index >= 15 is 0 Å². The van der Waals surface area contributed by atoms with Crippen molar-refractivity contribution in [2.75, 3.05) is 0 Å². The van der Waals surface area contributed by atoms with Crippen molar-refractivity contribution in [3.8, 4) is 0 Å². The van der Waals surface area contributed by atoms with Gasteiger partial charge in [0.15, 0.2) is 0 Å². The van der Waals surface area contributed by atoms with Crippen molar-refractivity contribution >= 4 is 15.9 Å². The zero-order valence-electron chi connectivity index (χ0n) is 9.90. The van der Waals surface area contributed by atoms with E-state index in [-0.39, 0.29) is 5.56 Å². The van der Waals surface area contributed by atoms with Crippen molar-refractivity contribution in [2.45, 2.75) is 25.8 Å². The molecular formula is C14H13BrN2O. The first-order valence-corrected chi connectivity index (χ1v) is 6.85. The van der Waals surface area contributed by atoms with Gasteiger partial charge >= 0.3 is 0 Å². The minimum atomic E-state index is 0.0698. The van der Waals surface area contributed by atoms with Crippen molar-refractivity contribution in [3.05, 3.63) is 62.2 Å². The average molecular weight is 305 g/mol. The molecule has 2 aromatic heterocycles. The van der Waals surface area contributed by atoms with Gasteiger partial charge in [0.25, 0.3) is 5.56 Å². The van der Waals surface area contributed by atoms with Crippen LogP contribution in [0.2, 0.25) is 0 Å². The predicted octanol–water partition coefficient (Wildman–Crippen LogP) is 2.54. The molecule has 0 radical (unpaired) electrons. The third-order valence-electron chi connectivity index (χ3n) is 3.36. The molecule has 1 aliphatic carbocycles. The normalized spacial score (nSPS) is 13.6. The maximum atomic E-state index is 12.0. The number of nitrogens with zero attached hydrogens (tertiary/aromatic N) is 2. The van der Waals surface area contributed by atoms with E-state index in [2.05, 4.69) is 20.9 Å². The van der Waals surface area contributed by atoms with Crippen LogP contribution >= 0.6 is 15.9 Å². The molecule has 0 atom stereocenters. The fourth-order valence-corrected chi connectivity index (χ4v) is 2.70. The van der Waals surface area contributed by atoms with Crippen LogP contribution in [0.4, 0.5) is 0 Å². The quantitative estimate of drug-likeness (QED) is 0.854. The van der Waals surface area contributed by atoms with E-state index in [1.54, 1.807) is 12.3 Å². The third kappa shape index (κ3) is 2.12. The Morgan fingerprint density at radius 3 is 2.89 bits per heavy atom. The Hall–Kier alpha value is -1.42. The van der Waals surface area contributed by atoms with E-state index in [0.29, 0.717) is 6.54 Å². The van der Waals surface area contributed by atoms with Crippen molar-refractivity contribution in [2.24, 2.45) is 0 Å². The molecule has 0 saturated heterocycles. The van der Waals surface area contributed by atoms with Crippen LogP contribution in [-0.2, 0) is 19.4 Å². The summed E-state index contributed by atoms with van der Waals surface area (Å²) in [4.78, 5) is 16.3. The summed E-state index contributed by atoms with van der Waals surface area (Å²) in [5.41, 5.74) is 3.49. The molecule has 0 unspecified atom stereocenters. The Labute approximate surface area is 114 Å². The number of rotatable bonds is 2. The predicted molar refractivity (Wildman–Crippen MR) is 73.8 cm³/mol. The lowest BCUT2D eigenvalue weighted by atomic mass is 10.2. The summed E-state index contributed by atoms with van der Waals surface area (Å²) in [6.45, 7) is 0.565. The highest BCUT2D eigenvalue weighted by molar-refractivity contribution is 9.10. The van der Waals surface area contributed by atoms with Gasteiger partial charge in [-0.15, -0.1) is 0 Å². The molecule has 18 heavy (non-hydrogen) atoms. The molecule has 0 N–H and O–H groups in total. The highest BCUT2D eigenvalue weighted by atomic mass is 79.9. The second-order valence-corrected chi connectivity index (χ2v) is 5.47. The molecule has 1 aliphatic rings. The number of pyridine rings is 2. The molecule has 3 rings (SSSR count). The molecule has 2 aromatic rings. The molecule has 0 aromatic carbocycles. The van der Waals surface area contributed by atoms with E-state index in [1.165, 1.54) is 11.3 Å². The van der Waals surface area contributed by atoms with Crippen LogP contribution in [0.15, 0.2) is 39.7 Å². The van der Waals surface area contributed by atoms with Crippen LogP contribution in [0, 0.1) is 0 Å². The van der Waals surface area contributed by atoms with Gasteiger partial charge in [0.1, 0.15) is 0 Å². The monoisotopic (exact) mass is 304 g/mol. The number of aryl methyl sites for hydroxylation is 1. The summed E-state index contributed by atoms with van der Waals surface area (Å²) in [5.74, 6) is 0. The van der Waals surface area contributed by atoms with Gasteiger partial charge in [-0.25, -0.2) is 0 Å². The number of halogens is 1. The van der Waals surface area contributed by atoms with Crippen molar-refractivity contribution in [1.82, 2.24) is 9.55 Å². The smallest absolute Gasteiger partial charge is 0.251 e. The van der Waals surface area contributed by atoms with Gasteiger partial charge in [-0.05, 0) is 52.9 Å². The van der Waals surface area contributed by atoms with Crippen molar-refractivity contribution in [1.29, 1.82) is 0 Å². The summed E-state index contributed by atoms with van der Waals surface area (Å²) < 4.78 is 2.82. The van der Waals surface area contributed by atoms with Crippen molar-refractivity contribution < 1.29 is 0 Å². The SMILES string of the molecule is O=c1ccc2c(n1Cc1ccc(Br)cn1)CCC2. The van der Waals surface area contributed by atoms with E-state index < -0.39 is 0 Å². The summed E-state index contributed by atoms with van der Waals surface area (Å²) in [6.07, 6.45) is 5.00. The zero-order chi connectivity index (χ0) is 12.5. The van der Waals surface area contributed by atoms with Crippen LogP contribution in [-0.4, -0.2) is 9.55 Å². The lowest BCUT2D eigenvalue weighted by Gasteiger charge is -2.11. The maximum Gasteiger partial charge on any atom is 0.251 e. The largest absolute Gasteiger partial charge is 0.306 e. The standard InChI is InChI=1S/C14H13BrN2O/c15-11-5-6-12(16-8-11)9-17-13-3-1-2-10(13)4-7-14(17)18/h4-8H,1-3,9H2. The summed E-state index contributed by atoms with van der Waals surface area (Å²) in [5, 5.41) is 0. The lowest BCUT2D eigenvalue weighted by Crippen LogP contribution is -2.23. The minimum Gasteiger partial charge on any atom is -0.306 e. The second-order valence-electron chi connectivity index (χ2n) is 4.55. The Morgan fingerprint density at radius 1 is 1.22 bits per heavy atom. The van der Waals surface area contributed by atoms with Gasteiger partial charge in [0.2, 0.25) is 0 Å². The molecule has 0 spiro atoms. The lowest BCUT2D eigenvalue weighted by molar-refractivity contribution is 0.693. The topological polar surface area (TPSA) is 34.9 Å². The summed E-state index contributed by atoms with van der Waals surface area (Å²) >= 11 is 3.36. The van der Waals surface area contributed by atoms with Crippen LogP contribution in [0.25, 0.3) is 0 Å². The Bertz CT molecular complexity index is 631. The first-order chi connectivity index (χ1) is 8.74. The van der Waals surface area contributed by atoms with E-state index in [0.717, 1.165) is 29.4 Å². The Balaban J connectivity index is 2.00. The van der Waals surface area contributed by atoms with Crippen molar-refractivity contribution in [3.63, 3.8) is 0 Å². The molecule has 0 amide bonds. The maximum absolute atomic E-state index is 12.0. The molecule has 0 fully saturated rings. The fraction of sp³-hybridized carbons (Fsp3) is 0.286. The van der Waals surface area contributed by atoms with Crippen LogP contribution < -0.4 is 5.56 Å². The molecule has 0 bridgehead atoms. The van der Waals surface area contributed by atoms with E-state index in [1.807, 2.05) is 22.8 Å². The second kappa shape index (κ2) is 4.69. The molecule has 92 valence electrons. The van der Waals surface area contributed by atoms with Gasteiger partial charge in [0, 0.05) is 22.4 Å².